The van der Waals surface area contributed by atoms with E-state index in [1.165, 1.54) is 50.1 Å². The first-order valence-corrected chi connectivity index (χ1v) is 17.0. The van der Waals surface area contributed by atoms with Crippen molar-refractivity contribution in [3.63, 3.8) is 0 Å². The lowest BCUT2D eigenvalue weighted by molar-refractivity contribution is 0.0697. The van der Waals surface area contributed by atoms with Gasteiger partial charge in [0.2, 0.25) is 0 Å². The maximum Gasteiger partial charge on any atom is 0.335 e. The van der Waals surface area contributed by atoms with Gasteiger partial charge in [-0.05, 0) is 103 Å². The Hall–Kier alpha value is -5.21. The second-order valence-electron chi connectivity index (χ2n) is 13.6. The molecule has 0 aromatic heterocycles. The van der Waals surface area contributed by atoms with Crippen LogP contribution in [0.2, 0.25) is 0 Å². The summed E-state index contributed by atoms with van der Waals surface area (Å²) in [6, 6.07) is 49.2. The molecule has 2 heteroatoms. The zero-order chi connectivity index (χ0) is 33.8. The van der Waals surface area contributed by atoms with Gasteiger partial charge in [0.25, 0.3) is 0 Å². The highest BCUT2D eigenvalue weighted by Crippen LogP contribution is 2.38. The molecule has 0 aliphatic carbocycles. The van der Waals surface area contributed by atoms with E-state index in [4.69, 9.17) is 0 Å². The van der Waals surface area contributed by atoms with Gasteiger partial charge >= 0.3 is 5.97 Å². The molecule has 6 rings (SSSR count). The van der Waals surface area contributed by atoms with Gasteiger partial charge in [0, 0.05) is 0 Å². The summed E-state index contributed by atoms with van der Waals surface area (Å²) < 4.78 is 0. The molecule has 0 amide bonds. The molecular formula is C46H44O2. The largest absolute Gasteiger partial charge is 0.478 e. The molecular weight excluding hydrogens is 585 g/mol. The van der Waals surface area contributed by atoms with Crippen molar-refractivity contribution in [2.75, 3.05) is 0 Å². The van der Waals surface area contributed by atoms with E-state index in [0.29, 0.717) is 17.4 Å². The fraction of sp³-hybridized carbons (Fsp3) is 0.196. The molecule has 0 bridgehead atoms. The third-order valence-electron chi connectivity index (χ3n) is 9.49. The maximum absolute atomic E-state index is 11.6. The number of rotatable bonds is 10. The van der Waals surface area contributed by atoms with E-state index in [1.54, 1.807) is 12.1 Å². The van der Waals surface area contributed by atoms with Crippen LogP contribution < -0.4 is 0 Å². The second-order valence-corrected chi connectivity index (χ2v) is 13.6. The Balaban J connectivity index is 1.32. The standard InChI is InChI=1S/C46H44O2/c1-30(2)42-19-11-17-40(26-32(5)36-14-9-15-37(27-36)33-12-7-6-8-13-33)45(42)35-22-20-34(21-23-35)38-24-25-43(44(29-38)31(3)4)39-16-10-18-41(28-39)46(47)48/h6-25,27-32H,26H2,1-5H3,(H,47,48). The molecule has 0 heterocycles. The Morgan fingerprint density at radius 3 is 1.81 bits per heavy atom. The summed E-state index contributed by atoms with van der Waals surface area (Å²) in [7, 11) is 0. The topological polar surface area (TPSA) is 37.3 Å². The van der Waals surface area contributed by atoms with Crippen molar-refractivity contribution in [2.24, 2.45) is 0 Å². The number of carbonyl (C=O) groups is 1. The number of benzene rings is 6. The van der Waals surface area contributed by atoms with E-state index in [2.05, 4.69) is 150 Å². The summed E-state index contributed by atoms with van der Waals surface area (Å²) in [5.74, 6) is 0.132. The molecule has 2 nitrogen and oxygen atoms in total. The van der Waals surface area contributed by atoms with Crippen molar-refractivity contribution in [2.45, 2.75) is 58.8 Å². The molecule has 0 aliphatic rings. The lowest BCUT2D eigenvalue weighted by Crippen LogP contribution is -2.03. The van der Waals surface area contributed by atoms with Gasteiger partial charge in [0.15, 0.2) is 0 Å². The highest BCUT2D eigenvalue weighted by Gasteiger charge is 2.18. The number of aromatic carboxylic acids is 1. The van der Waals surface area contributed by atoms with Crippen molar-refractivity contribution in [1.82, 2.24) is 0 Å². The third-order valence-corrected chi connectivity index (χ3v) is 9.49. The highest BCUT2D eigenvalue weighted by molar-refractivity contribution is 5.90. The monoisotopic (exact) mass is 628 g/mol. The minimum atomic E-state index is -0.909. The zero-order valence-corrected chi connectivity index (χ0v) is 28.6. The predicted molar refractivity (Wildman–Crippen MR) is 202 cm³/mol. The van der Waals surface area contributed by atoms with Crippen LogP contribution in [-0.4, -0.2) is 11.1 Å². The van der Waals surface area contributed by atoms with E-state index in [0.717, 1.165) is 23.1 Å². The van der Waals surface area contributed by atoms with Crippen molar-refractivity contribution < 1.29 is 9.90 Å². The van der Waals surface area contributed by atoms with Gasteiger partial charge in [0.1, 0.15) is 0 Å². The fourth-order valence-electron chi connectivity index (χ4n) is 6.86. The summed E-state index contributed by atoms with van der Waals surface area (Å²) in [6.45, 7) is 11.3. The number of carboxylic acids is 1. The fourth-order valence-corrected chi connectivity index (χ4v) is 6.86. The summed E-state index contributed by atoms with van der Waals surface area (Å²) in [5.41, 5.74) is 15.0. The first-order valence-electron chi connectivity index (χ1n) is 17.0. The summed E-state index contributed by atoms with van der Waals surface area (Å²) in [6.07, 6.45) is 0.957. The van der Waals surface area contributed by atoms with Crippen LogP contribution in [0.3, 0.4) is 0 Å². The van der Waals surface area contributed by atoms with Gasteiger partial charge in [-0.3, -0.25) is 0 Å². The van der Waals surface area contributed by atoms with Gasteiger partial charge in [-0.2, -0.15) is 0 Å². The Morgan fingerprint density at radius 2 is 1.10 bits per heavy atom. The van der Waals surface area contributed by atoms with Crippen LogP contribution in [0.25, 0.3) is 44.5 Å². The second kappa shape index (κ2) is 14.3. The van der Waals surface area contributed by atoms with Crippen molar-refractivity contribution in [3.05, 3.63) is 167 Å². The minimum absolute atomic E-state index is 0.281. The Kier molecular flexibility index (Phi) is 9.73. The highest BCUT2D eigenvalue weighted by atomic mass is 16.4. The average molecular weight is 629 g/mol. The number of hydrogen-bond donors (Lipinski definition) is 1. The summed E-state index contributed by atoms with van der Waals surface area (Å²) in [4.78, 5) is 11.6. The molecule has 1 unspecified atom stereocenters. The van der Waals surface area contributed by atoms with E-state index >= 15 is 0 Å². The van der Waals surface area contributed by atoms with Crippen LogP contribution in [0.15, 0.2) is 140 Å². The first kappa shape index (κ1) is 32.7. The van der Waals surface area contributed by atoms with Gasteiger partial charge < -0.3 is 5.11 Å². The lowest BCUT2D eigenvalue weighted by atomic mass is 9.83. The molecule has 0 aliphatic heterocycles. The van der Waals surface area contributed by atoms with E-state index in [9.17, 15) is 9.90 Å². The maximum atomic E-state index is 11.6. The molecule has 1 N–H and O–H groups in total. The molecule has 48 heavy (non-hydrogen) atoms. The SMILES string of the molecule is CC(C)c1cc(-c2ccc(-c3c(CC(C)c4cccc(-c5ccccc5)c4)cccc3C(C)C)cc2)ccc1-c1cccc(C(=O)O)c1. The van der Waals surface area contributed by atoms with E-state index in [-0.39, 0.29) is 5.92 Å². The first-order chi connectivity index (χ1) is 23.2. The molecule has 0 spiro atoms. The minimum Gasteiger partial charge on any atom is -0.478 e. The van der Waals surface area contributed by atoms with Crippen LogP contribution in [-0.2, 0) is 6.42 Å². The van der Waals surface area contributed by atoms with Crippen LogP contribution in [0.5, 0.6) is 0 Å². The van der Waals surface area contributed by atoms with Crippen molar-refractivity contribution in [1.29, 1.82) is 0 Å². The van der Waals surface area contributed by atoms with E-state index < -0.39 is 5.97 Å². The quantitative estimate of drug-likeness (QED) is 0.164. The summed E-state index contributed by atoms with van der Waals surface area (Å²) in [5, 5.41) is 9.54. The number of carboxylic acid groups (broad SMARTS) is 1. The third kappa shape index (κ3) is 7.04. The Labute approximate surface area is 285 Å². The van der Waals surface area contributed by atoms with Crippen molar-refractivity contribution in [3.8, 4) is 44.5 Å². The zero-order valence-electron chi connectivity index (χ0n) is 28.6. The van der Waals surface area contributed by atoms with Crippen molar-refractivity contribution >= 4 is 5.97 Å². The molecule has 6 aromatic carbocycles. The molecule has 0 saturated carbocycles. The van der Waals surface area contributed by atoms with Crippen LogP contribution in [0.1, 0.15) is 85.0 Å². The van der Waals surface area contributed by atoms with Gasteiger partial charge in [-0.15, -0.1) is 0 Å². The molecule has 0 radical (unpaired) electrons. The van der Waals surface area contributed by atoms with Gasteiger partial charge in [0.05, 0.1) is 5.56 Å². The van der Waals surface area contributed by atoms with Gasteiger partial charge in [-0.25, -0.2) is 4.79 Å². The smallest absolute Gasteiger partial charge is 0.335 e. The van der Waals surface area contributed by atoms with Crippen LogP contribution in [0.4, 0.5) is 0 Å². The predicted octanol–water partition coefficient (Wildman–Crippen LogP) is 12.6. The normalized spacial score (nSPS) is 12.0. The Morgan fingerprint density at radius 1 is 0.521 bits per heavy atom. The van der Waals surface area contributed by atoms with E-state index in [1.807, 2.05) is 12.1 Å². The molecule has 6 aromatic rings. The molecule has 240 valence electrons. The van der Waals surface area contributed by atoms with Crippen LogP contribution >= 0.6 is 0 Å². The molecule has 0 fully saturated rings. The van der Waals surface area contributed by atoms with Crippen LogP contribution in [0, 0.1) is 0 Å². The lowest BCUT2D eigenvalue weighted by Gasteiger charge is -2.21. The molecule has 0 saturated heterocycles. The van der Waals surface area contributed by atoms with Gasteiger partial charge in [-0.1, -0.05) is 162 Å². The average Bonchev–Trinajstić information content (AvgIpc) is 3.11. The number of hydrogen-bond acceptors (Lipinski definition) is 1. The molecule has 1 atom stereocenters. The Bertz CT molecular complexity index is 2030. The summed E-state index contributed by atoms with van der Waals surface area (Å²) >= 11 is 0.